The average Bonchev–Trinajstić information content (AvgIpc) is 3.19. The van der Waals surface area contributed by atoms with Gasteiger partial charge in [0.1, 0.15) is 11.6 Å². The lowest BCUT2D eigenvalue weighted by Crippen LogP contribution is -2.14. The van der Waals surface area contributed by atoms with Crippen LogP contribution in [-0.2, 0) is 6.42 Å². The maximum absolute atomic E-state index is 14.8. The molecule has 0 amide bonds. The van der Waals surface area contributed by atoms with Crippen LogP contribution in [0.1, 0.15) is 21.5 Å². The molecule has 2 aromatic carbocycles. The summed E-state index contributed by atoms with van der Waals surface area (Å²) >= 11 is 0. The molecule has 0 atom stereocenters. The van der Waals surface area contributed by atoms with Crippen molar-refractivity contribution >= 4 is 22.7 Å². The van der Waals surface area contributed by atoms with Crippen molar-refractivity contribution in [2.24, 2.45) is 0 Å². The SMILES string of the molecule is CN(C)c1nc(-n2cc(C(=O)O)cn2)nc2cc(F)c(Cc3ccccc3)cc12. The quantitative estimate of drug-likeness (QED) is 0.562. The van der Waals surface area contributed by atoms with Crippen molar-refractivity contribution in [2.45, 2.75) is 6.42 Å². The van der Waals surface area contributed by atoms with Crippen LogP contribution in [0.25, 0.3) is 16.9 Å². The van der Waals surface area contributed by atoms with Crippen LogP contribution in [0.2, 0.25) is 0 Å². The van der Waals surface area contributed by atoms with Gasteiger partial charge in [0.15, 0.2) is 0 Å². The second-order valence-electron chi connectivity index (χ2n) is 6.84. The standard InChI is InChI=1S/C21H18FN5O2/c1-26(2)19-16-9-14(8-13-6-4-3-5-7-13)17(22)10-18(16)24-21(25-19)27-12-15(11-23-27)20(28)29/h3-7,9-12H,8H2,1-2H3,(H,28,29). The van der Waals surface area contributed by atoms with E-state index in [0.29, 0.717) is 28.7 Å². The summed E-state index contributed by atoms with van der Waals surface area (Å²) < 4.78 is 16.1. The van der Waals surface area contributed by atoms with E-state index in [2.05, 4.69) is 15.1 Å². The van der Waals surface area contributed by atoms with Crippen molar-refractivity contribution in [3.05, 3.63) is 77.4 Å². The molecule has 0 aliphatic carbocycles. The zero-order valence-corrected chi connectivity index (χ0v) is 15.9. The molecule has 0 saturated carbocycles. The smallest absolute Gasteiger partial charge is 0.338 e. The molecule has 4 rings (SSSR count). The predicted octanol–water partition coefficient (Wildman–Crippen LogP) is 3.31. The van der Waals surface area contributed by atoms with Gasteiger partial charge in [-0.2, -0.15) is 10.1 Å². The van der Waals surface area contributed by atoms with E-state index in [4.69, 9.17) is 5.11 Å². The molecule has 0 fully saturated rings. The minimum Gasteiger partial charge on any atom is -0.478 e. The molecule has 4 aromatic rings. The van der Waals surface area contributed by atoms with Gasteiger partial charge < -0.3 is 10.0 Å². The molecule has 7 nitrogen and oxygen atoms in total. The minimum absolute atomic E-state index is 0.0180. The van der Waals surface area contributed by atoms with Crippen molar-refractivity contribution < 1.29 is 14.3 Å². The van der Waals surface area contributed by atoms with E-state index in [0.717, 1.165) is 5.56 Å². The van der Waals surface area contributed by atoms with Crippen LogP contribution in [0, 0.1) is 5.82 Å². The maximum atomic E-state index is 14.8. The monoisotopic (exact) mass is 391 g/mol. The number of benzene rings is 2. The van der Waals surface area contributed by atoms with Gasteiger partial charge in [0.25, 0.3) is 5.95 Å². The summed E-state index contributed by atoms with van der Waals surface area (Å²) in [5.74, 6) is -0.695. The number of carboxylic acids is 1. The van der Waals surface area contributed by atoms with Gasteiger partial charge >= 0.3 is 5.97 Å². The summed E-state index contributed by atoms with van der Waals surface area (Å²) in [7, 11) is 3.66. The van der Waals surface area contributed by atoms with Crippen molar-refractivity contribution in [1.29, 1.82) is 0 Å². The van der Waals surface area contributed by atoms with Gasteiger partial charge in [-0.15, -0.1) is 0 Å². The molecule has 0 radical (unpaired) electrons. The van der Waals surface area contributed by atoms with Crippen LogP contribution in [-0.4, -0.2) is 44.9 Å². The number of nitrogens with zero attached hydrogens (tertiary/aromatic N) is 5. The normalized spacial score (nSPS) is 11.0. The third kappa shape index (κ3) is 3.64. The van der Waals surface area contributed by atoms with E-state index in [1.165, 1.54) is 23.1 Å². The molecule has 1 N–H and O–H groups in total. The van der Waals surface area contributed by atoms with Crippen LogP contribution in [0.3, 0.4) is 0 Å². The lowest BCUT2D eigenvalue weighted by molar-refractivity contribution is 0.0697. The van der Waals surface area contributed by atoms with Gasteiger partial charge in [0.05, 0.1) is 17.3 Å². The fourth-order valence-corrected chi connectivity index (χ4v) is 3.10. The molecule has 0 spiro atoms. The van der Waals surface area contributed by atoms with E-state index in [1.54, 1.807) is 11.0 Å². The van der Waals surface area contributed by atoms with E-state index in [-0.39, 0.29) is 17.3 Å². The Balaban J connectivity index is 1.84. The summed E-state index contributed by atoms with van der Waals surface area (Å²) in [6.45, 7) is 0. The Morgan fingerprint density at radius 3 is 2.59 bits per heavy atom. The molecular formula is C21H18FN5O2. The zero-order valence-electron chi connectivity index (χ0n) is 15.9. The largest absolute Gasteiger partial charge is 0.478 e. The number of aromatic carboxylic acids is 1. The number of hydrogen-bond donors (Lipinski definition) is 1. The average molecular weight is 391 g/mol. The second kappa shape index (κ2) is 7.31. The molecule has 0 aliphatic rings. The van der Waals surface area contributed by atoms with Crippen LogP contribution < -0.4 is 4.90 Å². The lowest BCUT2D eigenvalue weighted by atomic mass is 10.0. The Morgan fingerprint density at radius 2 is 1.93 bits per heavy atom. The fourth-order valence-electron chi connectivity index (χ4n) is 3.10. The maximum Gasteiger partial charge on any atom is 0.338 e. The number of hydrogen-bond acceptors (Lipinski definition) is 5. The second-order valence-corrected chi connectivity index (χ2v) is 6.84. The molecule has 2 aromatic heterocycles. The van der Waals surface area contributed by atoms with Crippen molar-refractivity contribution in [1.82, 2.24) is 19.7 Å². The molecule has 0 aliphatic heterocycles. The van der Waals surface area contributed by atoms with Gasteiger partial charge in [-0.05, 0) is 17.2 Å². The first-order valence-electron chi connectivity index (χ1n) is 8.92. The van der Waals surface area contributed by atoms with Crippen LogP contribution in [0.15, 0.2) is 54.9 Å². The molecule has 0 bridgehead atoms. The first-order chi connectivity index (χ1) is 13.9. The highest BCUT2D eigenvalue weighted by molar-refractivity contribution is 5.91. The van der Waals surface area contributed by atoms with Gasteiger partial charge in [-0.25, -0.2) is 18.9 Å². The number of carbonyl (C=O) groups is 1. The molecule has 29 heavy (non-hydrogen) atoms. The van der Waals surface area contributed by atoms with Gasteiger partial charge in [0.2, 0.25) is 0 Å². The van der Waals surface area contributed by atoms with E-state index < -0.39 is 5.97 Å². The first-order valence-corrected chi connectivity index (χ1v) is 8.92. The number of carboxylic acid groups (broad SMARTS) is 1. The number of fused-ring (bicyclic) bond motifs is 1. The van der Waals surface area contributed by atoms with E-state index in [9.17, 15) is 9.18 Å². The summed E-state index contributed by atoms with van der Waals surface area (Å²) in [4.78, 5) is 21.8. The van der Waals surface area contributed by atoms with Crippen molar-refractivity contribution in [3.63, 3.8) is 0 Å². The molecule has 8 heteroatoms. The zero-order chi connectivity index (χ0) is 20.5. The Morgan fingerprint density at radius 1 is 1.17 bits per heavy atom. The van der Waals surface area contributed by atoms with E-state index in [1.807, 2.05) is 44.4 Å². The topological polar surface area (TPSA) is 84.1 Å². The molecular weight excluding hydrogens is 373 g/mol. The minimum atomic E-state index is -1.10. The van der Waals surface area contributed by atoms with Crippen LogP contribution in [0.5, 0.6) is 0 Å². The highest BCUT2D eigenvalue weighted by Gasteiger charge is 2.16. The summed E-state index contributed by atoms with van der Waals surface area (Å²) in [6.07, 6.45) is 3.00. The third-order valence-electron chi connectivity index (χ3n) is 4.53. The Bertz CT molecular complexity index is 1200. The fraction of sp³-hybridized carbons (Fsp3) is 0.143. The summed E-state index contributed by atoms with van der Waals surface area (Å²) in [5.41, 5.74) is 1.99. The highest BCUT2D eigenvalue weighted by Crippen LogP contribution is 2.27. The van der Waals surface area contributed by atoms with Crippen LogP contribution in [0.4, 0.5) is 10.2 Å². The predicted molar refractivity (Wildman–Crippen MR) is 107 cm³/mol. The van der Waals surface area contributed by atoms with Crippen LogP contribution >= 0.6 is 0 Å². The summed E-state index contributed by atoms with van der Waals surface area (Å²) in [5, 5.41) is 13.8. The highest BCUT2D eigenvalue weighted by atomic mass is 19.1. The Labute approximate surface area is 166 Å². The Kier molecular flexibility index (Phi) is 4.67. The number of anilines is 1. The summed E-state index contributed by atoms with van der Waals surface area (Å²) in [6, 6.07) is 12.8. The number of halogens is 1. The Hall–Kier alpha value is -3.81. The van der Waals surface area contributed by atoms with Crippen molar-refractivity contribution in [3.8, 4) is 5.95 Å². The number of aromatic nitrogens is 4. The first kappa shape index (κ1) is 18.5. The molecule has 0 unspecified atom stereocenters. The number of rotatable bonds is 5. The molecule has 2 heterocycles. The molecule has 146 valence electrons. The van der Waals surface area contributed by atoms with E-state index >= 15 is 0 Å². The third-order valence-corrected chi connectivity index (χ3v) is 4.53. The lowest BCUT2D eigenvalue weighted by Gasteiger charge is -2.16. The van der Waals surface area contributed by atoms with Gasteiger partial charge in [-0.3, -0.25) is 0 Å². The molecule has 0 saturated heterocycles. The van der Waals surface area contributed by atoms with Gasteiger partial charge in [0, 0.05) is 38.2 Å². The van der Waals surface area contributed by atoms with Crippen molar-refractivity contribution in [2.75, 3.05) is 19.0 Å². The van der Waals surface area contributed by atoms with Gasteiger partial charge in [-0.1, -0.05) is 30.3 Å².